The Hall–Kier alpha value is -1.30. The maximum atomic E-state index is 13.7. The maximum absolute atomic E-state index is 13.7. The van der Waals surface area contributed by atoms with Gasteiger partial charge in [0.05, 0.1) is 12.8 Å². The molecule has 11 heteroatoms. The lowest BCUT2D eigenvalue weighted by atomic mass is 10.0. The van der Waals surface area contributed by atoms with Gasteiger partial charge in [0.2, 0.25) is 10.0 Å². The van der Waals surface area contributed by atoms with Crippen LogP contribution in [0.25, 0.3) is 0 Å². The number of alkyl halides is 2. The van der Waals surface area contributed by atoms with Gasteiger partial charge in [-0.2, -0.15) is 0 Å². The molecule has 1 aromatic carbocycles. The van der Waals surface area contributed by atoms with Crippen LogP contribution >= 0.6 is 0 Å². The summed E-state index contributed by atoms with van der Waals surface area (Å²) in [5, 5.41) is 0. The summed E-state index contributed by atoms with van der Waals surface area (Å²) in [5.74, 6) is -6.36. The van der Waals surface area contributed by atoms with Gasteiger partial charge in [0, 0.05) is 37.7 Å². The summed E-state index contributed by atoms with van der Waals surface area (Å²) >= 11 is 0. The number of hydrogen-bond acceptors (Lipinski definition) is 4. The van der Waals surface area contributed by atoms with Crippen LogP contribution in [0.2, 0.25) is 0 Å². The third-order valence-corrected chi connectivity index (χ3v) is 5.12. The van der Waals surface area contributed by atoms with Gasteiger partial charge in [-0.1, -0.05) is 0 Å². The molecule has 27 heavy (non-hydrogen) atoms. The van der Waals surface area contributed by atoms with Gasteiger partial charge in [0.1, 0.15) is 5.82 Å². The molecule has 154 valence electrons. The average molecular weight is 415 g/mol. The van der Waals surface area contributed by atoms with Crippen LogP contribution in [0.3, 0.4) is 0 Å². The van der Waals surface area contributed by atoms with Crippen molar-refractivity contribution in [1.29, 1.82) is 0 Å². The summed E-state index contributed by atoms with van der Waals surface area (Å²) in [6.45, 7) is -0.547. The van der Waals surface area contributed by atoms with Crippen LogP contribution in [0, 0.1) is 17.5 Å². The molecule has 0 bridgehead atoms. The summed E-state index contributed by atoms with van der Waals surface area (Å²) in [6, 6.07) is -0.192. The molecule has 2 atom stereocenters. The summed E-state index contributed by atoms with van der Waals surface area (Å²) < 4.78 is 91.8. The number of halogens is 5. The molecule has 0 amide bonds. The zero-order valence-electron chi connectivity index (χ0n) is 14.7. The van der Waals surface area contributed by atoms with Crippen molar-refractivity contribution in [3.8, 4) is 0 Å². The standard InChI is InChI=1S/C16H22F5N3O2S/c1-27(25,26)23-8-12-7-16(20,21)9-24(12)3-2-11(22)4-10-5-14(18)15(19)6-13(10)17/h5-6,11-12,23H,2-4,7-9,22H2,1H3/t11-,12?/m0/s1. The first-order chi connectivity index (χ1) is 12.4. The smallest absolute Gasteiger partial charge is 0.262 e. The fourth-order valence-electron chi connectivity index (χ4n) is 3.11. The fourth-order valence-corrected chi connectivity index (χ4v) is 3.61. The van der Waals surface area contributed by atoms with E-state index in [1.807, 2.05) is 0 Å². The molecular weight excluding hydrogens is 393 g/mol. The summed E-state index contributed by atoms with van der Waals surface area (Å²) in [7, 11) is -3.51. The van der Waals surface area contributed by atoms with Crippen LogP contribution in [-0.4, -0.2) is 57.2 Å². The first kappa shape index (κ1) is 22.0. The highest BCUT2D eigenvalue weighted by atomic mass is 32.2. The lowest BCUT2D eigenvalue weighted by Gasteiger charge is -2.25. The Morgan fingerprint density at radius 2 is 1.89 bits per heavy atom. The Labute approximate surface area is 154 Å². The molecule has 0 aliphatic carbocycles. The van der Waals surface area contributed by atoms with Crippen molar-refractivity contribution in [3.05, 3.63) is 35.1 Å². The van der Waals surface area contributed by atoms with Crippen molar-refractivity contribution < 1.29 is 30.4 Å². The summed E-state index contributed by atoms with van der Waals surface area (Å²) in [5.41, 5.74) is 5.79. The lowest BCUT2D eigenvalue weighted by molar-refractivity contribution is 0.0118. The van der Waals surface area contributed by atoms with Crippen LogP contribution in [0.15, 0.2) is 12.1 Å². The van der Waals surface area contributed by atoms with Gasteiger partial charge in [-0.15, -0.1) is 0 Å². The molecule has 1 fully saturated rings. The van der Waals surface area contributed by atoms with Crippen LogP contribution in [-0.2, 0) is 16.4 Å². The molecule has 1 saturated heterocycles. The molecule has 0 spiro atoms. The van der Waals surface area contributed by atoms with E-state index in [0.717, 1.165) is 12.3 Å². The van der Waals surface area contributed by atoms with Gasteiger partial charge < -0.3 is 5.73 Å². The minimum absolute atomic E-state index is 0.0838. The molecule has 0 aromatic heterocycles. The SMILES string of the molecule is CS(=O)(=O)NCC1CC(F)(F)CN1CC[C@H](N)Cc1cc(F)c(F)cc1F. The molecule has 1 aromatic rings. The minimum atomic E-state index is -3.51. The van der Waals surface area contributed by atoms with Crippen molar-refractivity contribution in [1.82, 2.24) is 9.62 Å². The van der Waals surface area contributed by atoms with E-state index in [1.54, 1.807) is 0 Å². The van der Waals surface area contributed by atoms with Crippen molar-refractivity contribution >= 4 is 10.0 Å². The van der Waals surface area contributed by atoms with E-state index in [0.29, 0.717) is 6.07 Å². The van der Waals surface area contributed by atoms with E-state index < -0.39 is 58.4 Å². The van der Waals surface area contributed by atoms with E-state index in [-0.39, 0.29) is 31.5 Å². The molecule has 1 heterocycles. The second-order valence-corrected chi connectivity index (χ2v) is 8.75. The van der Waals surface area contributed by atoms with Crippen molar-refractivity contribution in [2.24, 2.45) is 5.73 Å². The van der Waals surface area contributed by atoms with Gasteiger partial charge in [-0.3, -0.25) is 4.90 Å². The van der Waals surface area contributed by atoms with E-state index >= 15 is 0 Å². The Kier molecular flexibility index (Phi) is 6.82. The monoisotopic (exact) mass is 415 g/mol. The van der Waals surface area contributed by atoms with Gasteiger partial charge in [-0.25, -0.2) is 35.1 Å². The second kappa shape index (κ2) is 8.38. The number of hydrogen-bond donors (Lipinski definition) is 2. The Morgan fingerprint density at radius 3 is 2.52 bits per heavy atom. The molecule has 0 radical (unpaired) electrons. The highest BCUT2D eigenvalue weighted by molar-refractivity contribution is 7.88. The van der Waals surface area contributed by atoms with E-state index in [1.165, 1.54) is 4.90 Å². The van der Waals surface area contributed by atoms with Crippen molar-refractivity contribution in [3.63, 3.8) is 0 Å². The molecule has 2 rings (SSSR count). The van der Waals surface area contributed by atoms with E-state index in [2.05, 4.69) is 4.72 Å². The molecule has 0 saturated carbocycles. The van der Waals surface area contributed by atoms with E-state index in [4.69, 9.17) is 5.73 Å². The lowest BCUT2D eigenvalue weighted by Crippen LogP contribution is -2.41. The van der Waals surface area contributed by atoms with Crippen molar-refractivity contribution in [2.45, 2.75) is 37.3 Å². The number of sulfonamides is 1. The Morgan fingerprint density at radius 1 is 1.26 bits per heavy atom. The topological polar surface area (TPSA) is 75.4 Å². The Balaban J connectivity index is 1.94. The van der Waals surface area contributed by atoms with Gasteiger partial charge in [0.15, 0.2) is 11.6 Å². The highest BCUT2D eigenvalue weighted by Crippen LogP contribution is 2.32. The first-order valence-electron chi connectivity index (χ1n) is 8.32. The molecule has 3 N–H and O–H groups in total. The van der Waals surface area contributed by atoms with Crippen LogP contribution < -0.4 is 10.5 Å². The van der Waals surface area contributed by atoms with Crippen LogP contribution in [0.1, 0.15) is 18.4 Å². The third kappa shape index (κ3) is 6.66. The summed E-state index contributed by atoms with van der Waals surface area (Å²) in [4.78, 5) is 1.43. The normalized spacial score (nSPS) is 21.5. The van der Waals surface area contributed by atoms with E-state index in [9.17, 15) is 30.4 Å². The summed E-state index contributed by atoms with van der Waals surface area (Å²) in [6.07, 6.45) is 0.572. The first-order valence-corrected chi connectivity index (χ1v) is 10.2. The average Bonchev–Trinajstić information content (AvgIpc) is 2.82. The number of nitrogens with one attached hydrogen (secondary N) is 1. The Bertz CT molecular complexity index is 776. The number of likely N-dealkylation sites (tertiary alicyclic amines) is 1. The van der Waals surface area contributed by atoms with Gasteiger partial charge >= 0.3 is 0 Å². The van der Waals surface area contributed by atoms with Gasteiger partial charge in [-0.05, 0) is 24.5 Å². The molecule has 5 nitrogen and oxygen atoms in total. The maximum Gasteiger partial charge on any atom is 0.262 e. The van der Waals surface area contributed by atoms with Crippen LogP contribution in [0.4, 0.5) is 22.0 Å². The number of benzene rings is 1. The fraction of sp³-hybridized carbons (Fsp3) is 0.625. The zero-order chi connectivity index (χ0) is 20.4. The predicted octanol–water partition coefficient (Wildman–Crippen LogP) is 1.62. The molecule has 1 aliphatic rings. The van der Waals surface area contributed by atoms with Crippen LogP contribution in [0.5, 0.6) is 0 Å². The number of rotatable bonds is 8. The molecular formula is C16H22F5N3O2S. The second-order valence-electron chi connectivity index (χ2n) is 6.92. The number of nitrogens with two attached hydrogens (primary N) is 1. The minimum Gasteiger partial charge on any atom is -0.327 e. The third-order valence-electron chi connectivity index (χ3n) is 4.42. The van der Waals surface area contributed by atoms with Crippen molar-refractivity contribution in [2.75, 3.05) is 25.9 Å². The van der Waals surface area contributed by atoms with Gasteiger partial charge in [0.25, 0.3) is 5.92 Å². The largest absolute Gasteiger partial charge is 0.327 e. The zero-order valence-corrected chi connectivity index (χ0v) is 15.5. The molecule has 1 unspecified atom stereocenters. The number of nitrogens with zero attached hydrogens (tertiary/aromatic N) is 1. The quantitative estimate of drug-likeness (QED) is 0.500. The predicted molar refractivity (Wildman–Crippen MR) is 90.4 cm³/mol. The molecule has 1 aliphatic heterocycles. The highest BCUT2D eigenvalue weighted by Gasteiger charge is 2.44.